The Morgan fingerprint density at radius 3 is 2.43 bits per heavy atom. The van der Waals surface area contributed by atoms with Crippen molar-refractivity contribution in [2.75, 3.05) is 13.1 Å². The van der Waals surface area contributed by atoms with E-state index in [1.807, 2.05) is 18.2 Å². The predicted molar refractivity (Wildman–Crippen MR) is 103 cm³/mol. The van der Waals surface area contributed by atoms with Gasteiger partial charge < -0.3 is 14.8 Å². The fourth-order valence-electron chi connectivity index (χ4n) is 3.83. The van der Waals surface area contributed by atoms with Crippen LogP contribution in [0.15, 0.2) is 36.7 Å². The molecule has 1 N–H and O–H groups in total. The van der Waals surface area contributed by atoms with Crippen molar-refractivity contribution in [2.45, 2.75) is 37.9 Å². The van der Waals surface area contributed by atoms with Crippen molar-refractivity contribution in [3.05, 3.63) is 63.9 Å². The summed E-state index contributed by atoms with van der Waals surface area (Å²) in [4.78, 5) is 28.4. The number of hydrogen-bond donors (Lipinski definition) is 1. The van der Waals surface area contributed by atoms with Gasteiger partial charge in [-0.05, 0) is 66.8 Å². The third kappa shape index (κ3) is 3.75. The first kappa shape index (κ1) is 18.9. The molecule has 0 amide bonds. The summed E-state index contributed by atoms with van der Waals surface area (Å²) in [5.74, 6) is -2.31. The summed E-state index contributed by atoms with van der Waals surface area (Å²) in [6.45, 7) is 0.898. The molecule has 3 heterocycles. The Bertz CT molecular complexity index is 883. The van der Waals surface area contributed by atoms with Crippen LogP contribution >= 0.6 is 11.6 Å². The molecule has 6 nitrogen and oxygen atoms in total. The molecule has 146 valence electrons. The van der Waals surface area contributed by atoms with Gasteiger partial charge in [0.2, 0.25) is 0 Å². The number of aryl methyl sites for hydroxylation is 1. The van der Waals surface area contributed by atoms with Crippen LogP contribution in [0.4, 0.5) is 0 Å². The van der Waals surface area contributed by atoms with E-state index in [1.54, 1.807) is 18.5 Å². The molecular weight excluding hydrogens is 380 g/mol. The van der Waals surface area contributed by atoms with Gasteiger partial charge in [-0.25, -0.2) is 0 Å². The number of benzene rings is 1. The number of nitrogens with zero attached hydrogens (tertiary/aromatic N) is 1. The Hall–Kier alpha value is -2.44. The molecule has 0 saturated carbocycles. The molecule has 28 heavy (non-hydrogen) atoms. The summed E-state index contributed by atoms with van der Waals surface area (Å²) in [6.07, 6.45) is 5.83. The largest absolute Gasteiger partial charge is 0.416 e. The van der Waals surface area contributed by atoms with Gasteiger partial charge in [-0.3, -0.25) is 14.6 Å². The number of pyridine rings is 1. The number of hydrogen-bond acceptors (Lipinski definition) is 6. The second-order valence-corrected chi connectivity index (χ2v) is 7.44. The number of halogens is 1. The lowest BCUT2D eigenvalue weighted by atomic mass is 9.90. The number of carbonyl (C=O) groups excluding carboxylic acids is 2. The molecule has 0 aliphatic carbocycles. The third-order valence-electron chi connectivity index (χ3n) is 5.20. The quantitative estimate of drug-likeness (QED) is 0.798. The summed E-state index contributed by atoms with van der Waals surface area (Å²) in [7, 11) is 0. The molecule has 2 aromatic rings. The predicted octanol–water partition coefficient (Wildman–Crippen LogP) is 2.70. The van der Waals surface area contributed by atoms with Crippen molar-refractivity contribution in [3.8, 4) is 0 Å². The van der Waals surface area contributed by atoms with Crippen LogP contribution in [0.3, 0.4) is 0 Å². The maximum Gasteiger partial charge on any atom is 0.309 e. The van der Waals surface area contributed by atoms with E-state index in [4.69, 9.17) is 21.1 Å². The van der Waals surface area contributed by atoms with Crippen molar-refractivity contribution in [1.82, 2.24) is 10.3 Å². The van der Waals surface area contributed by atoms with E-state index < -0.39 is 17.7 Å². The average Bonchev–Trinajstić information content (AvgIpc) is 2.95. The second kappa shape index (κ2) is 7.89. The van der Waals surface area contributed by atoms with Crippen LogP contribution in [-0.4, -0.2) is 30.0 Å². The lowest BCUT2D eigenvalue weighted by molar-refractivity contribution is -0.225. The maximum atomic E-state index is 12.2. The van der Waals surface area contributed by atoms with Gasteiger partial charge in [0.05, 0.1) is 19.4 Å². The van der Waals surface area contributed by atoms with Gasteiger partial charge >= 0.3 is 11.9 Å². The molecule has 0 atom stereocenters. The lowest BCUT2D eigenvalue weighted by Gasteiger charge is -2.32. The van der Waals surface area contributed by atoms with Crippen molar-refractivity contribution in [3.63, 3.8) is 0 Å². The van der Waals surface area contributed by atoms with Crippen LogP contribution in [0.5, 0.6) is 0 Å². The van der Waals surface area contributed by atoms with Crippen molar-refractivity contribution in [1.29, 1.82) is 0 Å². The highest BCUT2D eigenvalue weighted by atomic mass is 35.5. The highest BCUT2D eigenvalue weighted by Crippen LogP contribution is 2.38. The number of ether oxygens (including phenoxy) is 2. The maximum absolute atomic E-state index is 12.2. The Kier molecular flexibility index (Phi) is 5.33. The fraction of sp³-hybridized carbons (Fsp3) is 0.381. The van der Waals surface area contributed by atoms with E-state index in [0.717, 1.165) is 29.5 Å². The first-order valence-electron chi connectivity index (χ1n) is 9.41. The molecule has 2 aliphatic heterocycles. The Balaban J connectivity index is 1.74. The minimum atomic E-state index is -1.44. The number of fused-ring (bicyclic) bond motifs is 2. The third-order valence-corrected chi connectivity index (χ3v) is 5.55. The summed E-state index contributed by atoms with van der Waals surface area (Å²) in [6, 6.07) is 7.56. The second-order valence-electron chi connectivity index (χ2n) is 7.04. The van der Waals surface area contributed by atoms with Crippen LogP contribution < -0.4 is 5.32 Å². The summed E-state index contributed by atoms with van der Waals surface area (Å²) < 4.78 is 11.4. The smallest absolute Gasteiger partial charge is 0.309 e. The van der Waals surface area contributed by atoms with Crippen molar-refractivity contribution in [2.24, 2.45) is 0 Å². The van der Waals surface area contributed by atoms with E-state index in [1.165, 1.54) is 0 Å². The standard InChI is InChI=1S/C21H21ClN2O4/c22-18-4-3-17-15(16(18)2-1-14-7-10-23-11-8-14)9-12-24-13-21(17)27-19(25)5-6-20(26)28-21/h3-4,7-8,10-11,24H,1-2,5-6,9,12-13H2. The SMILES string of the molecule is O=C1CCC(=O)OC2(CNCCc3c2ccc(Cl)c3CCc2ccncc2)O1. The van der Waals surface area contributed by atoms with Gasteiger partial charge in [-0.1, -0.05) is 11.6 Å². The van der Waals surface area contributed by atoms with Crippen LogP contribution in [0.2, 0.25) is 5.02 Å². The fourth-order valence-corrected chi connectivity index (χ4v) is 4.11. The van der Waals surface area contributed by atoms with Gasteiger partial charge in [0.25, 0.3) is 5.79 Å². The van der Waals surface area contributed by atoms with Crippen LogP contribution in [0.1, 0.15) is 35.1 Å². The number of nitrogens with one attached hydrogen (secondary N) is 1. The topological polar surface area (TPSA) is 77.5 Å². The molecule has 0 radical (unpaired) electrons. The Labute approximate surface area is 168 Å². The molecule has 1 aromatic heterocycles. The normalized spacial score (nSPS) is 18.6. The number of carbonyl (C=O) groups is 2. The molecule has 1 fully saturated rings. The number of aromatic nitrogens is 1. The number of rotatable bonds is 3. The Morgan fingerprint density at radius 2 is 1.71 bits per heavy atom. The van der Waals surface area contributed by atoms with Crippen LogP contribution in [-0.2, 0) is 44.1 Å². The molecule has 4 rings (SSSR count). The first-order chi connectivity index (χ1) is 13.6. The molecule has 1 spiro atoms. The van der Waals surface area contributed by atoms with E-state index in [2.05, 4.69) is 10.3 Å². The van der Waals surface area contributed by atoms with Crippen molar-refractivity contribution >= 4 is 23.5 Å². The zero-order chi connectivity index (χ0) is 19.6. The highest BCUT2D eigenvalue weighted by Gasteiger charge is 2.45. The molecule has 1 aromatic carbocycles. The van der Waals surface area contributed by atoms with Crippen molar-refractivity contribution < 1.29 is 19.1 Å². The van der Waals surface area contributed by atoms with Crippen LogP contribution in [0.25, 0.3) is 0 Å². The van der Waals surface area contributed by atoms with E-state index in [9.17, 15) is 9.59 Å². The van der Waals surface area contributed by atoms with Gasteiger partial charge in [-0.15, -0.1) is 0 Å². The minimum absolute atomic E-state index is 0.0262. The van der Waals surface area contributed by atoms with Gasteiger partial charge in [-0.2, -0.15) is 0 Å². The zero-order valence-corrected chi connectivity index (χ0v) is 16.1. The number of esters is 2. The Morgan fingerprint density at radius 1 is 1.00 bits per heavy atom. The molecule has 1 saturated heterocycles. The average molecular weight is 401 g/mol. The van der Waals surface area contributed by atoms with Gasteiger partial charge in [0.15, 0.2) is 0 Å². The monoisotopic (exact) mass is 400 g/mol. The van der Waals surface area contributed by atoms with E-state index in [0.29, 0.717) is 23.6 Å². The minimum Gasteiger partial charge on any atom is -0.416 e. The zero-order valence-electron chi connectivity index (χ0n) is 15.4. The summed E-state index contributed by atoms with van der Waals surface area (Å²) in [5.41, 5.74) is 3.84. The summed E-state index contributed by atoms with van der Waals surface area (Å²) >= 11 is 6.55. The summed E-state index contributed by atoms with van der Waals surface area (Å²) in [5, 5.41) is 3.90. The molecule has 0 bridgehead atoms. The van der Waals surface area contributed by atoms with E-state index in [-0.39, 0.29) is 19.4 Å². The van der Waals surface area contributed by atoms with E-state index >= 15 is 0 Å². The van der Waals surface area contributed by atoms with Gasteiger partial charge in [0, 0.05) is 23.0 Å². The molecule has 7 heteroatoms. The molecular formula is C21H21ClN2O4. The first-order valence-corrected chi connectivity index (χ1v) is 9.79. The highest BCUT2D eigenvalue weighted by molar-refractivity contribution is 6.31. The lowest BCUT2D eigenvalue weighted by Crippen LogP contribution is -2.43. The van der Waals surface area contributed by atoms with Gasteiger partial charge in [0.1, 0.15) is 0 Å². The molecule has 0 unspecified atom stereocenters. The molecule has 2 aliphatic rings. The van der Waals surface area contributed by atoms with Crippen LogP contribution in [0, 0.1) is 0 Å².